The van der Waals surface area contributed by atoms with Gasteiger partial charge in [-0.1, -0.05) is 35.3 Å². The minimum absolute atomic E-state index is 0.00198. The maximum Gasteiger partial charge on any atom is 0.334 e. The lowest BCUT2D eigenvalue weighted by Gasteiger charge is -2.29. The van der Waals surface area contributed by atoms with E-state index in [0.29, 0.717) is 86.6 Å². The maximum atomic E-state index is 14.2. The molecule has 0 radical (unpaired) electrons. The number of alkyl halides is 4. The lowest BCUT2D eigenvalue weighted by atomic mass is 9.85. The number of ether oxygens (including phenoxy) is 1. The van der Waals surface area contributed by atoms with Crippen LogP contribution in [0.2, 0.25) is 10.0 Å². The molecule has 2 aliphatic carbocycles. The number of carbonyl (C=O) groups excluding carboxylic acids is 2. The Kier molecular flexibility index (Phi) is 18.8. The van der Waals surface area contributed by atoms with E-state index in [4.69, 9.17) is 38.2 Å². The van der Waals surface area contributed by atoms with Gasteiger partial charge in [0.05, 0.1) is 74.5 Å². The molecule has 18 nitrogen and oxygen atoms in total. The van der Waals surface area contributed by atoms with Crippen LogP contribution in [-0.2, 0) is 13.1 Å². The number of hydrogen-bond acceptors (Lipinski definition) is 12. The van der Waals surface area contributed by atoms with Crippen molar-refractivity contribution in [1.82, 2.24) is 48.8 Å². The summed E-state index contributed by atoms with van der Waals surface area (Å²) in [7, 11) is 0. The monoisotopic (exact) mass is 1160 g/mol. The fourth-order valence-electron chi connectivity index (χ4n) is 10.4. The van der Waals surface area contributed by atoms with Crippen LogP contribution in [0.1, 0.15) is 96.3 Å². The van der Waals surface area contributed by atoms with E-state index in [2.05, 4.69) is 35.9 Å². The van der Waals surface area contributed by atoms with E-state index in [-0.39, 0.29) is 76.3 Å². The third kappa shape index (κ3) is 13.6. The van der Waals surface area contributed by atoms with Crippen molar-refractivity contribution in [3.8, 4) is 17.4 Å². The molecule has 25 heteroatoms. The number of carbonyl (C=O) groups is 2. The summed E-state index contributed by atoms with van der Waals surface area (Å²) >= 11 is 11.8. The lowest BCUT2D eigenvalue weighted by Crippen LogP contribution is -2.39. The molecule has 0 saturated heterocycles. The molecule has 2 amide bonds. The number of benzene rings is 2. The highest BCUT2D eigenvalue weighted by molar-refractivity contribution is 6.31. The van der Waals surface area contributed by atoms with Crippen molar-refractivity contribution in [3.05, 3.63) is 163 Å². The van der Waals surface area contributed by atoms with E-state index in [1.54, 1.807) is 33.5 Å². The van der Waals surface area contributed by atoms with E-state index in [1.165, 1.54) is 45.7 Å². The van der Waals surface area contributed by atoms with Gasteiger partial charge < -0.3 is 30.9 Å². The van der Waals surface area contributed by atoms with Gasteiger partial charge in [0.1, 0.15) is 41.2 Å². The maximum absolute atomic E-state index is 14.2. The molecule has 0 unspecified atom stereocenters. The van der Waals surface area contributed by atoms with Gasteiger partial charge in [-0.2, -0.15) is 0 Å². The van der Waals surface area contributed by atoms with Crippen molar-refractivity contribution in [2.24, 2.45) is 11.8 Å². The molecule has 8 aromatic rings. The molecule has 0 bridgehead atoms. The molecular formula is C56H56Cl2F5N11O7. The van der Waals surface area contributed by atoms with Crippen molar-refractivity contribution < 1.29 is 46.5 Å². The minimum atomic E-state index is -2.92. The van der Waals surface area contributed by atoms with Gasteiger partial charge in [-0.05, 0) is 130 Å². The van der Waals surface area contributed by atoms with Crippen LogP contribution in [0.5, 0.6) is 5.75 Å². The van der Waals surface area contributed by atoms with Crippen LogP contribution < -0.4 is 32.1 Å². The topological polar surface area (TPSA) is 225 Å². The quantitative estimate of drug-likeness (QED) is 0.0507. The van der Waals surface area contributed by atoms with Crippen LogP contribution in [0, 0.1) is 17.7 Å². The number of para-hydroxylation sites is 2. The second-order valence-corrected chi connectivity index (χ2v) is 20.6. The van der Waals surface area contributed by atoms with E-state index >= 15 is 0 Å². The predicted molar refractivity (Wildman–Crippen MR) is 294 cm³/mol. The van der Waals surface area contributed by atoms with Gasteiger partial charge in [0.15, 0.2) is 0 Å². The molecule has 2 aliphatic rings. The van der Waals surface area contributed by atoms with Crippen molar-refractivity contribution in [2.75, 3.05) is 31.7 Å². The first-order valence-corrected chi connectivity index (χ1v) is 27.0. The van der Waals surface area contributed by atoms with Gasteiger partial charge in [-0.15, -0.1) is 0 Å². The predicted octanol–water partition coefficient (Wildman–Crippen LogP) is 9.24. The summed E-state index contributed by atoms with van der Waals surface area (Å²) in [6.45, 7) is 1.21. The van der Waals surface area contributed by atoms with Gasteiger partial charge >= 0.3 is 11.4 Å². The van der Waals surface area contributed by atoms with Crippen molar-refractivity contribution >= 4 is 62.8 Å². The van der Waals surface area contributed by atoms with E-state index in [1.807, 2.05) is 30.3 Å². The molecule has 0 atom stereocenters. The van der Waals surface area contributed by atoms with Crippen molar-refractivity contribution in [1.29, 1.82) is 0 Å². The number of aliphatic hydroxyl groups excluding tert-OH is 2. The van der Waals surface area contributed by atoms with Gasteiger partial charge in [0.2, 0.25) is 0 Å². The number of imidazole rings is 2. The van der Waals surface area contributed by atoms with E-state index in [0.717, 1.165) is 42.0 Å². The van der Waals surface area contributed by atoms with Gasteiger partial charge in [0, 0.05) is 44.1 Å². The minimum Gasteiger partial charge on any atom is -0.490 e. The summed E-state index contributed by atoms with van der Waals surface area (Å²) in [6, 6.07) is 20.5. The average molecular weight is 1160 g/mol. The smallest absolute Gasteiger partial charge is 0.334 e. The largest absolute Gasteiger partial charge is 0.490 e. The summed E-state index contributed by atoms with van der Waals surface area (Å²) in [6.07, 6.45) is 4.76. The van der Waals surface area contributed by atoms with Crippen LogP contribution in [0.3, 0.4) is 0 Å². The molecule has 2 saturated carbocycles. The molecule has 5 N–H and O–H groups in total. The first-order valence-electron chi connectivity index (χ1n) is 26.2. The molecule has 0 aliphatic heterocycles. The Morgan fingerprint density at radius 2 is 1.11 bits per heavy atom. The molecule has 6 heterocycles. The van der Waals surface area contributed by atoms with Gasteiger partial charge in [-0.3, -0.25) is 28.7 Å². The number of nitrogens with one attached hydrogen (secondary N) is 3. The van der Waals surface area contributed by atoms with E-state index in [9.17, 15) is 41.1 Å². The van der Waals surface area contributed by atoms with Crippen LogP contribution in [0.4, 0.5) is 27.6 Å². The highest BCUT2D eigenvalue weighted by Crippen LogP contribution is 2.32. The van der Waals surface area contributed by atoms with Crippen molar-refractivity contribution in [3.63, 3.8) is 0 Å². The molecule has 2 fully saturated rings. The Morgan fingerprint density at radius 1 is 0.605 bits per heavy atom. The standard InChI is InChI=1S/C28H27ClF3N5O4.C28H29ClF2N6O3/c29-17-11-21(25(26(31)32)34-13-17)27(39)35-19-4-1-16(2-5-19)15-36-23-12-18(30)3-7-22(23)37(28(36)40)24-8-6-20(14-33-24)41-10-9-38;29-18-13-21(25(26(30)31)34-14-18)27(39)35-19-7-5-17(6-8-19)16-36-22-3-1-2-4-23(22)37(28(36)40)24-10-9-20(15-33-24)32-11-12-38/h3,6-8,11-14,16,19,26,38H,1-2,4-5,9-10,15H2,(H,35,39);1-4,9-10,13-15,17,19,26,32,38H,5-8,11-12,16H2,(H,35,39)/t16-,19-;17-,19-. The lowest BCUT2D eigenvalue weighted by molar-refractivity contribution is 0.0898. The number of halogens is 7. The zero-order chi connectivity index (χ0) is 57.3. The third-order valence-electron chi connectivity index (χ3n) is 14.4. The molecule has 81 heavy (non-hydrogen) atoms. The molecule has 10 rings (SSSR count). The summed E-state index contributed by atoms with van der Waals surface area (Å²) in [4.78, 5) is 68.7. The first kappa shape index (κ1) is 57.9. The highest BCUT2D eigenvalue weighted by Gasteiger charge is 2.30. The Labute approximate surface area is 469 Å². The number of pyridine rings is 4. The number of hydrogen-bond donors (Lipinski definition) is 5. The summed E-state index contributed by atoms with van der Waals surface area (Å²) in [5, 5.41) is 26.9. The molecule has 6 aromatic heterocycles. The number of amides is 2. The number of aromatic nitrogens is 8. The molecule has 426 valence electrons. The van der Waals surface area contributed by atoms with Crippen LogP contribution in [-0.4, -0.2) is 98.7 Å². The normalized spacial score (nSPS) is 17.3. The molecular weight excluding hydrogens is 1100 g/mol. The van der Waals surface area contributed by atoms with Gasteiger partial charge in [-0.25, -0.2) is 50.6 Å². The Balaban J connectivity index is 0.000000196. The Bertz CT molecular complexity index is 3620. The summed E-state index contributed by atoms with van der Waals surface area (Å²) in [5.74, 6) is -0.207. The SMILES string of the molecule is O=C(N[C@H]1CC[C@H](Cn2c(=O)n(-c3ccc(NCCO)cn3)c3ccccc32)CC1)c1cc(Cl)cnc1C(F)F.O=C(N[C@H]1CC[C@H](Cn2c(=O)n(-c3ccc(OCCO)cn3)c3ccc(F)cc32)CC1)c1cc(Cl)cnc1C(F)F. The summed E-state index contributed by atoms with van der Waals surface area (Å²) < 4.78 is 79.3. The van der Waals surface area contributed by atoms with Crippen molar-refractivity contribution in [2.45, 2.75) is 89.4 Å². The first-order chi connectivity index (χ1) is 39.1. The highest BCUT2D eigenvalue weighted by atomic mass is 35.5. The molecule has 0 spiro atoms. The number of fused-ring (bicyclic) bond motifs is 2. The van der Waals surface area contributed by atoms with E-state index < -0.39 is 41.9 Å². The van der Waals surface area contributed by atoms with Crippen LogP contribution >= 0.6 is 23.2 Å². The second-order valence-electron chi connectivity index (χ2n) is 19.7. The Morgan fingerprint density at radius 3 is 1.59 bits per heavy atom. The fourth-order valence-corrected chi connectivity index (χ4v) is 10.8. The van der Waals surface area contributed by atoms with Crippen LogP contribution in [0.15, 0.2) is 113 Å². The van der Waals surface area contributed by atoms with Gasteiger partial charge in [0.25, 0.3) is 24.7 Å². The number of rotatable bonds is 18. The van der Waals surface area contributed by atoms with Crippen LogP contribution in [0.25, 0.3) is 33.7 Å². The third-order valence-corrected chi connectivity index (χ3v) is 14.8. The number of nitrogens with zero attached hydrogens (tertiary/aromatic N) is 8. The second kappa shape index (κ2) is 26.2. The average Bonchev–Trinajstić information content (AvgIpc) is 3.97. The zero-order valence-corrected chi connectivity index (χ0v) is 44.8. The summed E-state index contributed by atoms with van der Waals surface area (Å²) in [5.41, 5.74) is 1.01. The fraction of sp³-hybridized carbons (Fsp3) is 0.357. The number of anilines is 1. The molecule has 2 aromatic carbocycles. The Hall–Kier alpha value is -7.73. The zero-order valence-electron chi connectivity index (χ0n) is 43.3. The number of aliphatic hydroxyl groups is 2.